The van der Waals surface area contributed by atoms with Crippen LogP contribution in [0, 0.1) is 6.92 Å². The molecule has 1 aromatic rings. The molecule has 5 heteroatoms. The van der Waals surface area contributed by atoms with E-state index < -0.39 is 5.79 Å². The van der Waals surface area contributed by atoms with E-state index in [0.29, 0.717) is 13.2 Å². The van der Waals surface area contributed by atoms with Crippen molar-refractivity contribution in [1.29, 1.82) is 0 Å². The summed E-state index contributed by atoms with van der Waals surface area (Å²) < 4.78 is 11.5. The van der Waals surface area contributed by atoms with E-state index in [0.717, 1.165) is 37.6 Å². The van der Waals surface area contributed by atoms with Crippen LogP contribution in [0.2, 0.25) is 0 Å². The Bertz CT molecular complexity index is 404. The number of hydrogen-bond donors (Lipinski definition) is 0. The molecule has 0 saturated carbocycles. The summed E-state index contributed by atoms with van der Waals surface area (Å²) in [5.41, 5.74) is 0. The molecule has 0 atom stereocenters. The first-order valence-electron chi connectivity index (χ1n) is 6.10. The van der Waals surface area contributed by atoms with Crippen molar-refractivity contribution in [3.63, 3.8) is 0 Å². The summed E-state index contributed by atoms with van der Waals surface area (Å²) in [5, 5.41) is 0. The van der Waals surface area contributed by atoms with E-state index in [-0.39, 0.29) is 0 Å². The van der Waals surface area contributed by atoms with Gasteiger partial charge in [0.1, 0.15) is 11.6 Å². The molecule has 1 aromatic heterocycles. The normalized spacial score (nSPS) is 23.2. The lowest BCUT2D eigenvalue weighted by molar-refractivity contribution is -0.161. The van der Waals surface area contributed by atoms with E-state index in [1.165, 1.54) is 0 Å². The molecule has 17 heavy (non-hydrogen) atoms. The van der Waals surface area contributed by atoms with Crippen LogP contribution in [0.25, 0.3) is 0 Å². The molecule has 0 bridgehead atoms. The summed E-state index contributed by atoms with van der Waals surface area (Å²) in [6.07, 6.45) is 3.85. The molecule has 92 valence electrons. The van der Waals surface area contributed by atoms with Crippen LogP contribution in [-0.2, 0) is 9.47 Å². The van der Waals surface area contributed by atoms with Crippen LogP contribution in [-0.4, -0.2) is 42.1 Å². The fourth-order valence-corrected chi connectivity index (χ4v) is 2.54. The van der Waals surface area contributed by atoms with Gasteiger partial charge in [0.25, 0.3) is 0 Å². The molecule has 2 fully saturated rings. The maximum atomic E-state index is 5.76. The lowest BCUT2D eigenvalue weighted by Crippen LogP contribution is -2.49. The number of rotatable bonds is 1. The molecule has 3 rings (SSSR count). The molecular weight excluding hydrogens is 218 g/mol. The van der Waals surface area contributed by atoms with E-state index in [2.05, 4.69) is 14.9 Å². The van der Waals surface area contributed by atoms with Gasteiger partial charge in [0.2, 0.25) is 0 Å². The average molecular weight is 235 g/mol. The number of aryl methyl sites for hydroxylation is 1. The smallest absolute Gasteiger partial charge is 0.186 e. The summed E-state index contributed by atoms with van der Waals surface area (Å²) in [6.45, 7) is 5.09. The highest BCUT2D eigenvalue weighted by Gasteiger charge is 2.41. The van der Waals surface area contributed by atoms with Crippen LogP contribution in [0.5, 0.6) is 0 Å². The van der Waals surface area contributed by atoms with Crippen molar-refractivity contribution in [3.8, 4) is 0 Å². The number of nitrogens with zero attached hydrogens (tertiary/aromatic N) is 3. The van der Waals surface area contributed by atoms with Gasteiger partial charge in [-0.25, -0.2) is 9.97 Å². The predicted octanol–water partition coefficient (Wildman–Crippen LogP) is 1.13. The Balaban J connectivity index is 1.79. The van der Waals surface area contributed by atoms with Gasteiger partial charge in [-0.2, -0.15) is 0 Å². The van der Waals surface area contributed by atoms with E-state index >= 15 is 0 Å². The zero-order valence-corrected chi connectivity index (χ0v) is 10.1. The Kier molecular flexibility index (Phi) is 2.72. The Morgan fingerprint density at radius 3 is 2.94 bits per heavy atom. The average Bonchev–Trinajstić information content (AvgIpc) is 2.77. The SMILES string of the molecule is Cc1nccc(N2CCCC3(C2)OCCO3)n1. The van der Waals surface area contributed by atoms with E-state index in [1.807, 2.05) is 13.0 Å². The van der Waals surface area contributed by atoms with Gasteiger partial charge < -0.3 is 14.4 Å². The summed E-state index contributed by atoms with van der Waals surface area (Å²) in [6, 6.07) is 1.95. The monoisotopic (exact) mass is 235 g/mol. The van der Waals surface area contributed by atoms with E-state index in [9.17, 15) is 0 Å². The van der Waals surface area contributed by atoms with Crippen molar-refractivity contribution in [2.24, 2.45) is 0 Å². The van der Waals surface area contributed by atoms with Gasteiger partial charge in [0.15, 0.2) is 5.79 Å². The summed E-state index contributed by atoms with van der Waals surface area (Å²) in [4.78, 5) is 10.8. The Hall–Kier alpha value is -1.20. The standard InChI is InChI=1S/C12H17N3O2/c1-10-13-5-3-11(14-10)15-6-2-4-12(9-15)16-7-8-17-12/h3,5H,2,4,6-9H2,1H3. The maximum Gasteiger partial charge on any atom is 0.186 e. The number of aromatic nitrogens is 2. The largest absolute Gasteiger partial charge is 0.351 e. The molecule has 0 radical (unpaired) electrons. The number of piperidine rings is 1. The van der Waals surface area contributed by atoms with Crippen LogP contribution in [0.1, 0.15) is 18.7 Å². The van der Waals surface area contributed by atoms with Crippen molar-refractivity contribution in [3.05, 3.63) is 18.1 Å². The number of anilines is 1. The third kappa shape index (κ3) is 2.12. The van der Waals surface area contributed by atoms with Gasteiger partial charge in [-0.3, -0.25) is 0 Å². The minimum atomic E-state index is -0.392. The molecular formula is C12H17N3O2. The molecule has 5 nitrogen and oxygen atoms in total. The van der Waals surface area contributed by atoms with Gasteiger partial charge in [-0.1, -0.05) is 0 Å². The second kappa shape index (κ2) is 4.23. The van der Waals surface area contributed by atoms with Crippen molar-refractivity contribution in [2.45, 2.75) is 25.6 Å². The maximum absolute atomic E-state index is 5.76. The Morgan fingerprint density at radius 1 is 1.35 bits per heavy atom. The molecule has 0 aromatic carbocycles. The first-order chi connectivity index (χ1) is 8.27. The number of ether oxygens (including phenoxy) is 2. The Morgan fingerprint density at radius 2 is 2.18 bits per heavy atom. The molecule has 2 aliphatic heterocycles. The van der Waals surface area contributed by atoms with Gasteiger partial charge in [-0.15, -0.1) is 0 Å². The highest BCUT2D eigenvalue weighted by molar-refractivity contribution is 5.38. The topological polar surface area (TPSA) is 47.5 Å². The van der Waals surface area contributed by atoms with Crippen LogP contribution in [0.15, 0.2) is 12.3 Å². The first kappa shape index (κ1) is 10.9. The van der Waals surface area contributed by atoms with Gasteiger partial charge in [-0.05, 0) is 19.4 Å². The van der Waals surface area contributed by atoms with Crippen LogP contribution >= 0.6 is 0 Å². The second-order valence-electron chi connectivity index (χ2n) is 4.59. The lowest BCUT2D eigenvalue weighted by Gasteiger charge is -2.39. The fourth-order valence-electron chi connectivity index (χ4n) is 2.54. The first-order valence-corrected chi connectivity index (χ1v) is 6.10. The highest BCUT2D eigenvalue weighted by atomic mass is 16.7. The predicted molar refractivity (Wildman–Crippen MR) is 62.9 cm³/mol. The van der Waals surface area contributed by atoms with Crippen molar-refractivity contribution >= 4 is 5.82 Å². The molecule has 0 N–H and O–H groups in total. The zero-order valence-electron chi connectivity index (χ0n) is 10.1. The fraction of sp³-hybridized carbons (Fsp3) is 0.667. The van der Waals surface area contributed by atoms with Gasteiger partial charge >= 0.3 is 0 Å². The number of hydrogen-bond acceptors (Lipinski definition) is 5. The third-order valence-electron chi connectivity index (χ3n) is 3.32. The zero-order chi connectivity index (χ0) is 11.7. The molecule has 2 aliphatic rings. The third-order valence-corrected chi connectivity index (χ3v) is 3.32. The van der Waals surface area contributed by atoms with E-state index in [1.54, 1.807) is 6.20 Å². The van der Waals surface area contributed by atoms with Crippen LogP contribution in [0.4, 0.5) is 5.82 Å². The molecule has 0 aliphatic carbocycles. The van der Waals surface area contributed by atoms with Crippen LogP contribution < -0.4 is 4.90 Å². The summed E-state index contributed by atoms with van der Waals surface area (Å²) in [5.74, 6) is 1.38. The molecule has 0 unspecified atom stereocenters. The van der Waals surface area contributed by atoms with Gasteiger partial charge in [0, 0.05) is 19.2 Å². The van der Waals surface area contributed by atoms with Crippen molar-refractivity contribution in [2.75, 3.05) is 31.2 Å². The second-order valence-corrected chi connectivity index (χ2v) is 4.59. The highest BCUT2D eigenvalue weighted by Crippen LogP contribution is 2.31. The quantitative estimate of drug-likeness (QED) is 0.730. The summed E-state index contributed by atoms with van der Waals surface area (Å²) >= 11 is 0. The van der Waals surface area contributed by atoms with Gasteiger partial charge in [0.05, 0.1) is 19.8 Å². The lowest BCUT2D eigenvalue weighted by atomic mass is 10.0. The molecule has 1 spiro atoms. The minimum absolute atomic E-state index is 0.392. The molecule has 0 amide bonds. The Labute approximate surface area is 101 Å². The molecule has 3 heterocycles. The van der Waals surface area contributed by atoms with Crippen molar-refractivity contribution in [1.82, 2.24) is 9.97 Å². The van der Waals surface area contributed by atoms with Crippen molar-refractivity contribution < 1.29 is 9.47 Å². The summed E-state index contributed by atoms with van der Waals surface area (Å²) in [7, 11) is 0. The minimum Gasteiger partial charge on any atom is -0.351 e. The van der Waals surface area contributed by atoms with Crippen LogP contribution in [0.3, 0.4) is 0 Å². The molecule has 2 saturated heterocycles. The van der Waals surface area contributed by atoms with E-state index in [4.69, 9.17) is 9.47 Å².